The number of nitrogens with zero attached hydrogens (tertiary/aromatic N) is 2. The van der Waals surface area contributed by atoms with Gasteiger partial charge in [0.1, 0.15) is 16.8 Å². The maximum Gasteiger partial charge on any atom is 0.276 e. The van der Waals surface area contributed by atoms with Gasteiger partial charge < -0.3 is 4.74 Å². The van der Waals surface area contributed by atoms with Crippen molar-refractivity contribution in [2.45, 2.75) is 44.2 Å². The first-order valence-corrected chi connectivity index (χ1v) is 11.7. The fourth-order valence-electron chi connectivity index (χ4n) is 3.35. The standard InChI is InChI=1S/C22H23Cl2N3O4S/c1-11(2)14-9-17(26-30)12(3)8-18(14)31-10-19(28)25-27-21(29)13(4)32-22(27)20-15(23)6-5-7-16(20)24/h5-9,11,13,22H,10H2,1-4H3,(H,25,28). The van der Waals surface area contributed by atoms with Crippen LogP contribution in [0.15, 0.2) is 35.5 Å². The topological polar surface area (TPSA) is 88.1 Å². The number of carbonyl (C=O) groups is 2. The van der Waals surface area contributed by atoms with Crippen LogP contribution >= 0.6 is 35.0 Å². The van der Waals surface area contributed by atoms with Gasteiger partial charge in [0.05, 0.1) is 5.25 Å². The lowest BCUT2D eigenvalue weighted by Crippen LogP contribution is -2.47. The first-order chi connectivity index (χ1) is 15.1. The van der Waals surface area contributed by atoms with E-state index in [0.29, 0.717) is 32.6 Å². The van der Waals surface area contributed by atoms with Crippen LogP contribution in [0, 0.1) is 11.8 Å². The third kappa shape index (κ3) is 5.03. The quantitative estimate of drug-likeness (QED) is 0.483. The predicted molar refractivity (Wildman–Crippen MR) is 127 cm³/mol. The molecular formula is C22H23Cl2N3O4S. The largest absolute Gasteiger partial charge is 0.483 e. The minimum absolute atomic E-state index is 0.0540. The minimum Gasteiger partial charge on any atom is -0.483 e. The zero-order valence-corrected chi connectivity index (χ0v) is 20.3. The molecule has 0 spiro atoms. The Bertz CT molecular complexity index is 1040. The van der Waals surface area contributed by atoms with Crippen molar-refractivity contribution in [1.29, 1.82) is 0 Å². The zero-order chi connectivity index (χ0) is 23.6. The summed E-state index contributed by atoms with van der Waals surface area (Å²) in [4.78, 5) is 36.4. The smallest absolute Gasteiger partial charge is 0.276 e. The average molecular weight is 496 g/mol. The van der Waals surface area contributed by atoms with Crippen LogP contribution in [0.2, 0.25) is 10.0 Å². The number of hydrogen-bond donors (Lipinski definition) is 1. The van der Waals surface area contributed by atoms with Crippen LogP contribution in [0.3, 0.4) is 0 Å². The summed E-state index contributed by atoms with van der Waals surface area (Å²) in [6.07, 6.45) is 0. The van der Waals surface area contributed by atoms with Gasteiger partial charge in [-0.1, -0.05) is 43.1 Å². The van der Waals surface area contributed by atoms with Gasteiger partial charge in [-0.3, -0.25) is 15.0 Å². The number of hydrogen-bond acceptors (Lipinski definition) is 6. The number of amides is 2. The molecule has 0 saturated carbocycles. The van der Waals surface area contributed by atoms with Crippen molar-refractivity contribution in [3.8, 4) is 5.75 Å². The van der Waals surface area contributed by atoms with Crippen molar-refractivity contribution >= 4 is 52.5 Å². The summed E-state index contributed by atoms with van der Waals surface area (Å²) >= 11 is 14.0. The Morgan fingerprint density at radius 3 is 2.53 bits per heavy atom. The van der Waals surface area contributed by atoms with Gasteiger partial charge in [-0.15, -0.1) is 16.7 Å². The third-order valence-electron chi connectivity index (χ3n) is 5.05. The molecule has 1 heterocycles. The second-order valence-corrected chi connectivity index (χ2v) is 9.96. The highest BCUT2D eigenvalue weighted by Gasteiger charge is 2.41. The molecule has 1 aliphatic rings. The van der Waals surface area contributed by atoms with Crippen LogP contribution < -0.4 is 10.2 Å². The summed E-state index contributed by atoms with van der Waals surface area (Å²) in [6, 6.07) is 8.44. The highest BCUT2D eigenvalue weighted by atomic mass is 35.5. The fraction of sp³-hybridized carbons (Fsp3) is 0.364. The van der Waals surface area contributed by atoms with E-state index in [-0.39, 0.29) is 23.7 Å². The van der Waals surface area contributed by atoms with Crippen LogP contribution in [-0.4, -0.2) is 28.7 Å². The molecule has 2 atom stereocenters. The van der Waals surface area contributed by atoms with E-state index in [9.17, 15) is 14.5 Å². The van der Waals surface area contributed by atoms with Crippen LogP contribution in [0.5, 0.6) is 5.75 Å². The molecule has 170 valence electrons. The SMILES string of the molecule is Cc1cc(OCC(=O)NN2C(=O)C(C)SC2c2c(Cl)cccc2Cl)c(C(C)C)cc1N=O. The Labute approximate surface area is 200 Å². The van der Waals surface area contributed by atoms with Crippen molar-refractivity contribution < 1.29 is 14.3 Å². The average Bonchev–Trinajstić information content (AvgIpc) is 3.00. The molecule has 2 amide bonds. The summed E-state index contributed by atoms with van der Waals surface area (Å²) in [5.41, 5.74) is 4.94. The molecule has 0 bridgehead atoms. The molecule has 0 aromatic heterocycles. The molecule has 2 aromatic rings. The Kier molecular flexibility index (Phi) is 7.69. The van der Waals surface area contributed by atoms with Gasteiger partial charge in [0.15, 0.2) is 6.61 Å². The Hall–Kier alpha value is -2.29. The van der Waals surface area contributed by atoms with Crippen LogP contribution in [-0.2, 0) is 9.59 Å². The van der Waals surface area contributed by atoms with E-state index >= 15 is 0 Å². The van der Waals surface area contributed by atoms with E-state index in [1.54, 1.807) is 44.2 Å². The summed E-state index contributed by atoms with van der Waals surface area (Å²) < 4.78 is 5.75. The number of halogens is 2. The number of thioether (sulfide) groups is 1. The molecule has 2 unspecified atom stereocenters. The van der Waals surface area contributed by atoms with E-state index in [0.717, 1.165) is 5.56 Å². The van der Waals surface area contributed by atoms with Gasteiger partial charge in [0, 0.05) is 15.6 Å². The number of carbonyl (C=O) groups excluding carboxylic acids is 2. The zero-order valence-electron chi connectivity index (χ0n) is 18.0. The van der Waals surface area contributed by atoms with E-state index in [2.05, 4.69) is 10.6 Å². The summed E-state index contributed by atoms with van der Waals surface area (Å²) in [6.45, 7) is 7.08. The van der Waals surface area contributed by atoms with E-state index in [4.69, 9.17) is 27.9 Å². The van der Waals surface area contributed by atoms with Crippen LogP contribution in [0.1, 0.15) is 48.8 Å². The predicted octanol–water partition coefficient (Wildman–Crippen LogP) is 5.90. The number of rotatable bonds is 7. The highest BCUT2D eigenvalue weighted by Crippen LogP contribution is 2.46. The third-order valence-corrected chi connectivity index (χ3v) is 7.03. The molecule has 1 N–H and O–H groups in total. The van der Waals surface area contributed by atoms with Gasteiger partial charge in [0.2, 0.25) is 0 Å². The number of benzene rings is 2. The van der Waals surface area contributed by atoms with Gasteiger partial charge in [-0.25, -0.2) is 5.01 Å². The Morgan fingerprint density at radius 2 is 1.94 bits per heavy atom. The monoisotopic (exact) mass is 495 g/mol. The molecule has 2 aromatic carbocycles. The highest BCUT2D eigenvalue weighted by molar-refractivity contribution is 8.01. The molecule has 1 fully saturated rings. The maximum atomic E-state index is 12.7. The number of nitrogens with one attached hydrogen (secondary N) is 1. The van der Waals surface area contributed by atoms with Gasteiger partial charge >= 0.3 is 0 Å². The van der Waals surface area contributed by atoms with Gasteiger partial charge in [-0.05, 0) is 60.3 Å². The first kappa shape index (κ1) is 24.4. The molecule has 10 heteroatoms. The molecule has 0 radical (unpaired) electrons. The van der Waals surface area contributed by atoms with E-state index in [1.807, 2.05) is 13.8 Å². The summed E-state index contributed by atoms with van der Waals surface area (Å²) in [5, 5.41) is 4.16. The van der Waals surface area contributed by atoms with Crippen molar-refractivity contribution in [3.05, 3.63) is 62.0 Å². The first-order valence-electron chi connectivity index (χ1n) is 9.96. The van der Waals surface area contributed by atoms with Crippen molar-refractivity contribution in [3.63, 3.8) is 0 Å². The minimum atomic E-state index is -0.561. The fourth-order valence-corrected chi connectivity index (χ4v) is 5.37. The summed E-state index contributed by atoms with van der Waals surface area (Å²) in [7, 11) is 0. The van der Waals surface area contributed by atoms with Gasteiger partial charge in [-0.2, -0.15) is 0 Å². The lowest BCUT2D eigenvalue weighted by Gasteiger charge is -2.26. The number of ether oxygens (including phenoxy) is 1. The lowest BCUT2D eigenvalue weighted by molar-refractivity contribution is -0.141. The normalized spacial score (nSPS) is 18.2. The summed E-state index contributed by atoms with van der Waals surface area (Å²) in [5.74, 6) is -0.227. The van der Waals surface area contributed by atoms with E-state index in [1.165, 1.54) is 16.8 Å². The Morgan fingerprint density at radius 1 is 1.28 bits per heavy atom. The number of aryl methyl sites for hydroxylation is 1. The molecule has 32 heavy (non-hydrogen) atoms. The van der Waals surface area contributed by atoms with E-state index < -0.39 is 11.3 Å². The Balaban J connectivity index is 1.77. The molecule has 0 aliphatic carbocycles. The van der Waals surface area contributed by atoms with Crippen molar-refractivity contribution in [2.24, 2.45) is 5.18 Å². The number of hydrazine groups is 1. The maximum absolute atomic E-state index is 12.7. The molecule has 1 saturated heterocycles. The van der Waals surface area contributed by atoms with Crippen LogP contribution in [0.4, 0.5) is 5.69 Å². The molecule has 7 nitrogen and oxygen atoms in total. The second-order valence-electron chi connectivity index (χ2n) is 7.72. The van der Waals surface area contributed by atoms with Crippen LogP contribution in [0.25, 0.3) is 0 Å². The van der Waals surface area contributed by atoms with Crippen molar-refractivity contribution in [1.82, 2.24) is 10.4 Å². The van der Waals surface area contributed by atoms with Crippen molar-refractivity contribution in [2.75, 3.05) is 6.61 Å². The number of nitroso groups, excluding NO2 is 1. The lowest BCUT2D eigenvalue weighted by atomic mass is 9.99. The molecule has 3 rings (SSSR count). The second kappa shape index (κ2) is 10.1. The van der Waals surface area contributed by atoms with Gasteiger partial charge in [0.25, 0.3) is 11.8 Å². The molecule has 1 aliphatic heterocycles. The molecular weight excluding hydrogens is 473 g/mol.